The summed E-state index contributed by atoms with van der Waals surface area (Å²) in [4.78, 5) is 9.95. The Bertz CT molecular complexity index is 366. The molecule has 6 nitrogen and oxygen atoms in total. The van der Waals surface area contributed by atoms with Gasteiger partial charge in [0.05, 0.1) is 17.8 Å². The predicted octanol–water partition coefficient (Wildman–Crippen LogP) is 1.69. The summed E-state index contributed by atoms with van der Waals surface area (Å²) in [6.45, 7) is 6.44. The molecule has 0 amide bonds. The second-order valence-corrected chi connectivity index (χ2v) is 4.10. The van der Waals surface area contributed by atoms with Crippen LogP contribution >= 0.6 is 11.6 Å². The van der Waals surface area contributed by atoms with Gasteiger partial charge in [-0.05, 0) is 23.9 Å². The largest absolute Gasteiger partial charge is 0.408 e. The third-order valence-electron chi connectivity index (χ3n) is 2.11. The summed E-state index contributed by atoms with van der Waals surface area (Å²) in [5.41, 5.74) is 0. The first-order valence-corrected chi connectivity index (χ1v) is 5.50. The minimum Gasteiger partial charge on any atom is -0.358 e. The molecule has 0 spiro atoms. The van der Waals surface area contributed by atoms with E-state index in [0.717, 1.165) is 13.1 Å². The van der Waals surface area contributed by atoms with Crippen molar-refractivity contribution >= 4 is 17.4 Å². The summed E-state index contributed by atoms with van der Waals surface area (Å²) in [6, 6.07) is 0. The molecular weight excluding hydrogens is 232 g/mol. The second kappa shape index (κ2) is 5.81. The summed E-state index contributed by atoms with van der Waals surface area (Å²) in [5.74, 6) is 0.0628. The average Bonchev–Trinajstić information content (AvgIpc) is 2.56. The Balaban J connectivity index is 2.60. The number of hydrogen-bond donors (Lipinski definition) is 1. The summed E-state index contributed by atoms with van der Waals surface area (Å²) in [6.07, 6.45) is 1.49. The number of rotatable bonds is 6. The predicted molar refractivity (Wildman–Crippen MR) is 61.6 cm³/mol. The van der Waals surface area contributed by atoms with Crippen molar-refractivity contribution in [1.29, 1.82) is 0 Å². The molecule has 1 N–H and O–H groups in total. The third kappa shape index (κ3) is 3.46. The van der Waals surface area contributed by atoms with Crippen molar-refractivity contribution in [2.75, 3.05) is 13.1 Å². The van der Waals surface area contributed by atoms with Gasteiger partial charge in [0.2, 0.25) is 0 Å². The number of nitrogens with one attached hydrogen (secondary N) is 1. The van der Waals surface area contributed by atoms with Gasteiger partial charge in [0.15, 0.2) is 5.02 Å². The van der Waals surface area contributed by atoms with E-state index in [1.807, 2.05) is 13.8 Å². The van der Waals surface area contributed by atoms with Gasteiger partial charge in [0.1, 0.15) is 0 Å². The number of halogens is 1. The molecule has 1 aromatic heterocycles. The second-order valence-electron chi connectivity index (χ2n) is 3.69. The molecule has 0 radical (unpaired) electrons. The average molecular weight is 247 g/mol. The van der Waals surface area contributed by atoms with Crippen molar-refractivity contribution in [3.8, 4) is 0 Å². The van der Waals surface area contributed by atoms with Crippen LogP contribution in [0.4, 0.5) is 5.82 Å². The van der Waals surface area contributed by atoms with Gasteiger partial charge in [0.25, 0.3) is 0 Å². The van der Waals surface area contributed by atoms with Crippen LogP contribution in [0.3, 0.4) is 0 Å². The summed E-state index contributed by atoms with van der Waals surface area (Å²) in [5, 5.41) is 17.6. The minimum absolute atomic E-state index is 0.0839. The van der Waals surface area contributed by atoms with Crippen LogP contribution in [0, 0.1) is 16.0 Å². The van der Waals surface area contributed by atoms with Crippen molar-refractivity contribution in [2.24, 2.45) is 5.92 Å². The van der Waals surface area contributed by atoms with Crippen LogP contribution in [0.2, 0.25) is 5.02 Å². The lowest BCUT2D eigenvalue weighted by Crippen LogP contribution is -2.24. The van der Waals surface area contributed by atoms with Gasteiger partial charge >= 0.3 is 5.82 Å². The summed E-state index contributed by atoms with van der Waals surface area (Å²) >= 11 is 5.69. The van der Waals surface area contributed by atoms with Crippen LogP contribution in [-0.2, 0) is 6.54 Å². The van der Waals surface area contributed by atoms with Gasteiger partial charge in [-0.15, -0.1) is 0 Å². The van der Waals surface area contributed by atoms with Gasteiger partial charge in [-0.3, -0.25) is 0 Å². The Labute approximate surface area is 98.7 Å². The standard InChI is InChI=1S/C9H15ClN4O2/c1-3-11-4-7(2)5-13-6-8(10)9(12-13)14(15)16/h6-7,11H,3-5H2,1-2H3. The molecule has 7 heteroatoms. The van der Waals surface area contributed by atoms with Crippen LogP contribution < -0.4 is 5.32 Å². The maximum Gasteiger partial charge on any atom is 0.408 e. The minimum atomic E-state index is -0.576. The van der Waals surface area contributed by atoms with E-state index in [1.54, 1.807) is 0 Å². The van der Waals surface area contributed by atoms with Gasteiger partial charge < -0.3 is 15.4 Å². The molecule has 90 valence electrons. The lowest BCUT2D eigenvalue weighted by molar-refractivity contribution is -0.389. The van der Waals surface area contributed by atoms with Crippen molar-refractivity contribution in [1.82, 2.24) is 15.1 Å². The van der Waals surface area contributed by atoms with Crippen LogP contribution in [0.1, 0.15) is 13.8 Å². The summed E-state index contributed by atoms with van der Waals surface area (Å²) in [7, 11) is 0. The van der Waals surface area contributed by atoms with Crippen LogP contribution in [0.5, 0.6) is 0 Å². The van der Waals surface area contributed by atoms with E-state index in [1.165, 1.54) is 10.9 Å². The van der Waals surface area contributed by atoms with Crippen LogP contribution in [-0.4, -0.2) is 27.8 Å². The molecular formula is C9H15ClN4O2. The fourth-order valence-corrected chi connectivity index (χ4v) is 1.60. The van der Waals surface area contributed by atoms with Crippen LogP contribution in [0.15, 0.2) is 6.20 Å². The Kier molecular flexibility index (Phi) is 4.70. The highest BCUT2D eigenvalue weighted by atomic mass is 35.5. The van der Waals surface area contributed by atoms with Gasteiger partial charge in [-0.1, -0.05) is 25.4 Å². The Morgan fingerprint density at radius 3 is 2.94 bits per heavy atom. The van der Waals surface area contributed by atoms with Crippen molar-refractivity contribution in [3.63, 3.8) is 0 Å². The molecule has 0 aliphatic carbocycles. The third-order valence-corrected chi connectivity index (χ3v) is 2.38. The monoisotopic (exact) mass is 246 g/mol. The highest BCUT2D eigenvalue weighted by Gasteiger charge is 2.19. The summed E-state index contributed by atoms with van der Waals surface area (Å²) < 4.78 is 1.52. The molecule has 0 bridgehead atoms. The number of nitro groups is 1. The first-order valence-electron chi connectivity index (χ1n) is 5.12. The molecule has 16 heavy (non-hydrogen) atoms. The molecule has 0 saturated carbocycles. The van der Waals surface area contributed by atoms with E-state index in [0.29, 0.717) is 12.5 Å². The van der Waals surface area contributed by atoms with Gasteiger partial charge in [-0.25, -0.2) is 0 Å². The molecule has 1 unspecified atom stereocenters. The lowest BCUT2D eigenvalue weighted by atomic mass is 10.2. The van der Waals surface area contributed by atoms with E-state index < -0.39 is 4.92 Å². The van der Waals surface area contributed by atoms with Gasteiger partial charge in [0, 0.05) is 0 Å². The Morgan fingerprint density at radius 2 is 2.44 bits per heavy atom. The maximum atomic E-state index is 10.5. The molecule has 1 atom stereocenters. The van der Waals surface area contributed by atoms with Gasteiger partial charge in [-0.2, -0.15) is 4.68 Å². The fraction of sp³-hybridized carbons (Fsp3) is 0.667. The normalized spacial score (nSPS) is 12.7. The lowest BCUT2D eigenvalue weighted by Gasteiger charge is -2.09. The molecule has 0 aliphatic rings. The van der Waals surface area contributed by atoms with E-state index >= 15 is 0 Å². The van der Waals surface area contributed by atoms with E-state index in [-0.39, 0.29) is 10.8 Å². The van der Waals surface area contributed by atoms with Crippen molar-refractivity contribution in [2.45, 2.75) is 20.4 Å². The van der Waals surface area contributed by atoms with E-state index in [9.17, 15) is 10.1 Å². The number of nitrogens with zero attached hydrogens (tertiary/aromatic N) is 3. The highest BCUT2D eigenvalue weighted by Crippen LogP contribution is 2.21. The molecule has 1 heterocycles. The van der Waals surface area contributed by atoms with E-state index in [2.05, 4.69) is 10.4 Å². The first-order chi connectivity index (χ1) is 7.54. The van der Waals surface area contributed by atoms with E-state index in [4.69, 9.17) is 11.6 Å². The zero-order valence-electron chi connectivity index (χ0n) is 9.31. The zero-order chi connectivity index (χ0) is 12.1. The van der Waals surface area contributed by atoms with Crippen molar-refractivity contribution in [3.05, 3.63) is 21.3 Å². The number of hydrogen-bond acceptors (Lipinski definition) is 4. The molecule has 0 aliphatic heterocycles. The van der Waals surface area contributed by atoms with Crippen molar-refractivity contribution < 1.29 is 4.92 Å². The number of aromatic nitrogens is 2. The zero-order valence-corrected chi connectivity index (χ0v) is 10.1. The molecule has 1 rings (SSSR count). The molecule has 0 fully saturated rings. The Hall–Kier alpha value is -1.14. The fourth-order valence-electron chi connectivity index (χ4n) is 1.38. The highest BCUT2D eigenvalue weighted by molar-refractivity contribution is 6.32. The maximum absolute atomic E-state index is 10.5. The quantitative estimate of drug-likeness (QED) is 0.612. The molecule has 1 aromatic rings. The Morgan fingerprint density at radius 1 is 1.75 bits per heavy atom. The molecule has 0 saturated heterocycles. The molecule has 0 aromatic carbocycles. The smallest absolute Gasteiger partial charge is 0.358 e. The topological polar surface area (TPSA) is 73.0 Å². The van der Waals surface area contributed by atoms with Crippen LogP contribution in [0.25, 0.3) is 0 Å². The first kappa shape index (κ1) is 12.9. The SMILES string of the molecule is CCNCC(C)Cn1cc(Cl)c([N+](=O)[O-])n1.